The number of piperidine rings is 1. The number of nitrogens with zero attached hydrogens (tertiary/aromatic N) is 3. The quantitative estimate of drug-likeness (QED) is 0.319. The zero-order valence-corrected chi connectivity index (χ0v) is 21.4. The number of hydrogen-bond donors (Lipinski definition) is 3. The van der Waals surface area contributed by atoms with Crippen molar-refractivity contribution in [2.75, 3.05) is 37.8 Å². The van der Waals surface area contributed by atoms with Gasteiger partial charge >= 0.3 is 0 Å². The maximum absolute atomic E-state index is 12.2. The minimum absolute atomic E-state index is 0.267. The van der Waals surface area contributed by atoms with Gasteiger partial charge in [0.05, 0.1) is 15.7 Å². The van der Waals surface area contributed by atoms with E-state index in [1.165, 1.54) is 0 Å². The minimum Gasteiger partial charge on any atom is -0.457 e. The highest BCUT2D eigenvalue weighted by Crippen LogP contribution is 2.31. The van der Waals surface area contributed by atoms with Crippen LogP contribution < -0.4 is 20.7 Å². The van der Waals surface area contributed by atoms with Crippen LogP contribution in [0.5, 0.6) is 11.5 Å². The largest absolute Gasteiger partial charge is 0.457 e. The van der Waals surface area contributed by atoms with Crippen LogP contribution in [0.15, 0.2) is 60.8 Å². The number of ether oxygens (including phenoxy) is 1. The fourth-order valence-corrected chi connectivity index (χ4v) is 4.38. The molecule has 0 radical (unpaired) electrons. The Morgan fingerprint density at radius 3 is 2.54 bits per heavy atom. The summed E-state index contributed by atoms with van der Waals surface area (Å²) in [7, 11) is 3.92. The molecule has 0 saturated carbocycles. The number of anilines is 3. The molecule has 35 heavy (non-hydrogen) atoms. The number of carbonyl (C=O) groups excluding carboxylic acids is 1. The lowest BCUT2D eigenvalue weighted by Gasteiger charge is -2.29. The predicted molar refractivity (Wildman–Crippen MR) is 144 cm³/mol. The highest BCUT2D eigenvalue weighted by atomic mass is 79.9. The molecule has 4 rings (SSSR count). The Morgan fingerprint density at radius 1 is 1.09 bits per heavy atom. The number of carbonyl (C=O) groups is 1. The Hall–Kier alpha value is -3.43. The van der Waals surface area contributed by atoms with E-state index in [0.29, 0.717) is 33.3 Å². The molecule has 1 aliphatic rings. The number of aldehydes is 1. The highest BCUT2D eigenvalue weighted by Gasteiger charge is 2.21. The second-order valence-electron chi connectivity index (χ2n) is 8.35. The number of benzene rings is 2. The Morgan fingerprint density at radius 2 is 1.83 bits per heavy atom. The molecule has 0 aliphatic carbocycles. The van der Waals surface area contributed by atoms with Gasteiger partial charge in [-0.15, -0.1) is 0 Å². The van der Waals surface area contributed by atoms with Crippen molar-refractivity contribution in [3.05, 3.63) is 72.1 Å². The molecule has 3 N–H and O–H groups in total. The van der Waals surface area contributed by atoms with Gasteiger partial charge in [-0.1, -0.05) is 24.3 Å². The lowest BCUT2D eigenvalue weighted by Crippen LogP contribution is -2.37. The van der Waals surface area contributed by atoms with Crippen LogP contribution in [0.4, 0.5) is 17.5 Å². The normalized spacial score (nSPS) is 14.9. The topological polar surface area (TPSA) is 91.4 Å². The van der Waals surface area contributed by atoms with Crippen molar-refractivity contribution in [1.82, 2.24) is 20.2 Å². The second kappa shape index (κ2) is 11.8. The first kappa shape index (κ1) is 24.7. The molecule has 0 amide bonds. The van der Waals surface area contributed by atoms with Crippen LogP contribution in [0.1, 0.15) is 28.9 Å². The first-order chi connectivity index (χ1) is 17.1. The van der Waals surface area contributed by atoms with Crippen molar-refractivity contribution in [2.45, 2.75) is 18.9 Å². The van der Waals surface area contributed by atoms with Gasteiger partial charge in [-0.3, -0.25) is 4.79 Å². The first-order valence-corrected chi connectivity index (χ1v) is 12.3. The summed E-state index contributed by atoms with van der Waals surface area (Å²) in [4.78, 5) is 23.8. The highest BCUT2D eigenvalue weighted by molar-refractivity contribution is 9.15. The molecule has 1 saturated heterocycles. The third-order valence-corrected chi connectivity index (χ3v) is 6.29. The number of hydrogen-bond acceptors (Lipinski definition) is 8. The average molecular weight is 537 g/mol. The average Bonchev–Trinajstić information content (AvgIpc) is 2.86. The van der Waals surface area contributed by atoms with Gasteiger partial charge in [0, 0.05) is 31.0 Å². The molecule has 1 fully saturated rings. The number of halogens is 1. The first-order valence-electron chi connectivity index (χ1n) is 11.5. The molecular formula is C26H29BrN6O2. The van der Waals surface area contributed by atoms with Gasteiger partial charge < -0.3 is 25.6 Å². The zero-order chi connectivity index (χ0) is 24.6. The Bertz CT molecular complexity index is 1180. The van der Waals surface area contributed by atoms with Gasteiger partial charge in [-0.05, 0) is 73.2 Å². The van der Waals surface area contributed by atoms with E-state index in [2.05, 4.69) is 53.8 Å². The standard InChI is InChI=1S/C26H29BrN6O2/c1-28-16-23(27)24-22(17-34)25(32-26(31-24)30-18-11-13-33(2)14-12-18)29-19-7-6-10-21(15-19)35-20-8-4-3-5-9-20/h3-10,15-18,28H,11-14H2,1-2H3,(H2,29,30,31,32)/b23-16+. The van der Waals surface area contributed by atoms with Crippen LogP contribution in [-0.4, -0.2) is 54.4 Å². The van der Waals surface area contributed by atoms with Crippen LogP contribution >= 0.6 is 15.9 Å². The van der Waals surface area contributed by atoms with E-state index >= 15 is 0 Å². The summed E-state index contributed by atoms with van der Waals surface area (Å²) in [6.07, 6.45) is 4.51. The third-order valence-electron chi connectivity index (χ3n) is 5.69. The van der Waals surface area contributed by atoms with Gasteiger partial charge in [0.15, 0.2) is 6.29 Å². The van der Waals surface area contributed by atoms with Crippen molar-refractivity contribution in [3.8, 4) is 11.5 Å². The van der Waals surface area contributed by atoms with Crippen LogP contribution in [0, 0.1) is 0 Å². The summed E-state index contributed by atoms with van der Waals surface area (Å²) in [5.41, 5.74) is 1.59. The summed E-state index contributed by atoms with van der Waals surface area (Å²) in [5, 5.41) is 9.73. The van der Waals surface area contributed by atoms with Crippen LogP contribution in [-0.2, 0) is 0 Å². The monoisotopic (exact) mass is 536 g/mol. The molecule has 2 heterocycles. The molecule has 0 atom stereocenters. The van der Waals surface area contributed by atoms with Crippen molar-refractivity contribution in [1.29, 1.82) is 0 Å². The molecule has 9 heteroatoms. The van der Waals surface area contributed by atoms with E-state index < -0.39 is 0 Å². The smallest absolute Gasteiger partial charge is 0.225 e. The zero-order valence-electron chi connectivity index (χ0n) is 19.8. The fraction of sp³-hybridized carbons (Fsp3) is 0.269. The number of likely N-dealkylation sites (tertiary alicyclic amines) is 1. The fourth-order valence-electron chi connectivity index (χ4n) is 3.85. The van der Waals surface area contributed by atoms with Crippen LogP contribution in [0.2, 0.25) is 0 Å². The van der Waals surface area contributed by atoms with Gasteiger partial charge in [-0.2, -0.15) is 4.98 Å². The number of para-hydroxylation sites is 1. The molecule has 2 aromatic carbocycles. The molecule has 1 aromatic heterocycles. The minimum atomic E-state index is 0.267. The summed E-state index contributed by atoms with van der Waals surface area (Å²) in [6.45, 7) is 2.03. The van der Waals surface area contributed by atoms with E-state index in [9.17, 15) is 4.79 Å². The van der Waals surface area contributed by atoms with E-state index in [1.54, 1.807) is 13.2 Å². The van der Waals surface area contributed by atoms with Crippen molar-refractivity contribution in [2.24, 2.45) is 0 Å². The lowest BCUT2D eigenvalue weighted by atomic mass is 10.1. The van der Waals surface area contributed by atoms with Gasteiger partial charge in [0.1, 0.15) is 17.3 Å². The molecule has 0 bridgehead atoms. The van der Waals surface area contributed by atoms with E-state index in [4.69, 9.17) is 4.74 Å². The van der Waals surface area contributed by atoms with Gasteiger partial charge in [0.25, 0.3) is 0 Å². The van der Waals surface area contributed by atoms with Crippen LogP contribution in [0.3, 0.4) is 0 Å². The van der Waals surface area contributed by atoms with Gasteiger partial charge in [-0.25, -0.2) is 4.98 Å². The summed E-state index contributed by atoms with van der Waals surface area (Å²) >= 11 is 3.54. The lowest BCUT2D eigenvalue weighted by molar-refractivity contribution is 0.112. The van der Waals surface area contributed by atoms with Crippen molar-refractivity contribution < 1.29 is 9.53 Å². The number of rotatable bonds is 9. The Labute approximate surface area is 213 Å². The molecule has 3 aromatic rings. The number of aromatic nitrogens is 2. The molecule has 8 nitrogen and oxygen atoms in total. The molecule has 0 unspecified atom stereocenters. The summed E-state index contributed by atoms with van der Waals surface area (Å²) in [6, 6.07) is 17.4. The van der Waals surface area contributed by atoms with E-state index in [1.807, 2.05) is 54.6 Å². The number of nitrogens with one attached hydrogen (secondary N) is 3. The van der Waals surface area contributed by atoms with E-state index in [-0.39, 0.29) is 6.04 Å². The summed E-state index contributed by atoms with van der Waals surface area (Å²) in [5.74, 6) is 2.30. The third kappa shape index (κ3) is 6.58. The van der Waals surface area contributed by atoms with Gasteiger partial charge in [0.2, 0.25) is 5.95 Å². The van der Waals surface area contributed by atoms with Crippen LogP contribution in [0.25, 0.3) is 4.48 Å². The SMILES string of the molecule is CN/C=C(/Br)c1nc(NC2CCN(C)CC2)nc(Nc2cccc(Oc3ccccc3)c2)c1C=O. The predicted octanol–water partition coefficient (Wildman–Crippen LogP) is 5.24. The van der Waals surface area contributed by atoms with Crippen molar-refractivity contribution >= 4 is 44.2 Å². The Kier molecular flexibility index (Phi) is 8.33. The molecule has 1 aliphatic heterocycles. The second-order valence-corrected chi connectivity index (χ2v) is 9.20. The Balaban J connectivity index is 1.64. The molecule has 182 valence electrons. The van der Waals surface area contributed by atoms with E-state index in [0.717, 1.165) is 43.7 Å². The molecule has 0 spiro atoms. The summed E-state index contributed by atoms with van der Waals surface area (Å²) < 4.78 is 6.61. The van der Waals surface area contributed by atoms with Crippen molar-refractivity contribution in [3.63, 3.8) is 0 Å². The maximum atomic E-state index is 12.2. The maximum Gasteiger partial charge on any atom is 0.225 e. The molecular weight excluding hydrogens is 508 g/mol.